The molecule has 1 aromatic carbocycles. The lowest BCUT2D eigenvalue weighted by Gasteiger charge is -2.30. The van der Waals surface area contributed by atoms with Gasteiger partial charge < -0.3 is 20.5 Å². The first-order valence-corrected chi connectivity index (χ1v) is 9.89. The number of nitrogens with two attached hydrogens (primary N) is 1. The third-order valence-corrected chi connectivity index (χ3v) is 6.08. The van der Waals surface area contributed by atoms with E-state index in [0.29, 0.717) is 33.7 Å². The minimum absolute atomic E-state index is 0.355. The van der Waals surface area contributed by atoms with Gasteiger partial charge in [0.15, 0.2) is 0 Å². The Morgan fingerprint density at radius 3 is 2.61 bits per heavy atom. The van der Waals surface area contributed by atoms with Crippen LogP contribution in [0.1, 0.15) is 45.0 Å². The molecular formula is C20H25N3O4S. The maximum Gasteiger partial charge on any atom is 0.260 e. The normalized spacial score (nSPS) is 13.9. The van der Waals surface area contributed by atoms with Gasteiger partial charge in [-0.2, -0.15) is 0 Å². The van der Waals surface area contributed by atoms with E-state index >= 15 is 0 Å². The first-order chi connectivity index (χ1) is 13.3. The van der Waals surface area contributed by atoms with Crippen molar-refractivity contribution >= 4 is 28.2 Å². The minimum atomic E-state index is -0.521. The van der Waals surface area contributed by atoms with E-state index in [0.717, 1.165) is 30.0 Å². The highest BCUT2D eigenvalue weighted by Gasteiger charge is 2.29. The number of nitrogens with one attached hydrogen (secondary N) is 1. The fourth-order valence-electron chi connectivity index (χ4n) is 3.37. The highest BCUT2D eigenvalue weighted by molar-refractivity contribution is 7.17. The number of fused-ring (bicyclic) bond motifs is 1. The van der Waals surface area contributed by atoms with Crippen molar-refractivity contribution in [3.8, 4) is 11.5 Å². The number of thiophene rings is 1. The predicted molar refractivity (Wildman–Crippen MR) is 110 cm³/mol. The molecule has 0 unspecified atom stereocenters. The lowest BCUT2D eigenvalue weighted by Crippen LogP contribution is -2.35. The van der Waals surface area contributed by atoms with Gasteiger partial charge in [-0.1, -0.05) is 0 Å². The standard InChI is InChI=1S/C20H25N3O4S/c1-11(2)23-8-7-14-16(10-23)28-20(17(14)18(21)24)22-19(25)13-6-5-12(26-3)9-15(13)27-4/h5-6,9,11H,7-8,10H2,1-4H3,(H2,21,24)(H,22,25). The van der Waals surface area contributed by atoms with Gasteiger partial charge in [-0.3, -0.25) is 14.5 Å². The van der Waals surface area contributed by atoms with Crippen LogP contribution >= 0.6 is 11.3 Å². The first-order valence-electron chi connectivity index (χ1n) is 9.07. The molecule has 7 nitrogen and oxygen atoms in total. The number of hydrogen-bond donors (Lipinski definition) is 2. The number of methoxy groups -OCH3 is 2. The molecule has 2 aromatic rings. The number of ether oxygens (including phenoxy) is 2. The summed E-state index contributed by atoms with van der Waals surface area (Å²) in [6.45, 7) is 5.90. The number of primary amides is 1. The zero-order valence-electron chi connectivity index (χ0n) is 16.5. The highest BCUT2D eigenvalue weighted by atomic mass is 32.1. The lowest BCUT2D eigenvalue weighted by molar-refractivity contribution is 0.0999. The molecule has 28 heavy (non-hydrogen) atoms. The number of amides is 2. The van der Waals surface area contributed by atoms with Crippen LogP contribution in [0.5, 0.6) is 11.5 Å². The van der Waals surface area contributed by atoms with Gasteiger partial charge in [-0.25, -0.2) is 0 Å². The Kier molecular flexibility index (Phi) is 5.90. The highest BCUT2D eigenvalue weighted by Crippen LogP contribution is 2.38. The van der Waals surface area contributed by atoms with Crippen molar-refractivity contribution in [1.82, 2.24) is 4.90 Å². The van der Waals surface area contributed by atoms with Gasteiger partial charge in [0, 0.05) is 30.1 Å². The molecule has 150 valence electrons. The second-order valence-corrected chi connectivity index (χ2v) is 8.01. The Bertz CT molecular complexity index is 907. The summed E-state index contributed by atoms with van der Waals surface area (Å²) in [5.74, 6) is 0.102. The van der Waals surface area contributed by atoms with E-state index in [4.69, 9.17) is 15.2 Å². The van der Waals surface area contributed by atoms with E-state index in [-0.39, 0.29) is 5.91 Å². The van der Waals surface area contributed by atoms with Crippen LogP contribution in [0, 0.1) is 0 Å². The molecule has 8 heteroatoms. The zero-order valence-corrected chi connectivity index (χ0v) is 17.3. The van der Waals surface area contributed by atoms with E-state index in [9.17, 15) is 9.59 Å². The van der Waals surface area contributed by atoms with Crippen molar-refractivity contribution in [3.05, 3.63) is 39.8 Å². The van der Waals surface area contributed by atoms with Gasteiger partial charge in [-0.05, 0) is 38.0 Å². The van der Waals surface area contributed by atoms with Crippen LogP contribution in [-0.2, 0) is 13.0 Å². The number of anilines is 1. The summed E-state index contributed by atoms with van der Waals surface area (Å²) < 4.78 is 10.5. The summed E-state index contributed by atoms with van der Waals surface area (Å²) in [6.07, 6.45) is 0.740. The van der Waals surface area contributed by atoms with Crippen molar-refractivity contribution in [3.63, 3.8) is 0 Å². The molecule has 0 radical (unpaired) electrons. The average molecular weight is 404 g/mol. The number of hydrogen-bond acceptors (Lipinski definition) is 6. The van der Waals surface area contributed by atoms with Gasteiger partial charge in [0.05, 0.1) is 25.3 Å². The van der Waals surface area contributed by atoms with E-state index in [2.05, 4.69) is 24.1 Å². The molecular weight excluding hydrogens is 378 g/mol. The second-order valence-electron chi connectivity index (χ2n) is 6.91. The van der Waals surface area contributed by atoms with Crippen LogP contribution in [0.3, 0.4) is 0 Å². The van der Waals surface area contributed by atoms with Gasteiger partial charge in [0.25, 0.3) is 11.8 Å². The number of carbonyl (C=O) groups excluding carboxylic acids is 2. The molecule has 3 rings (SSSR count). The Balaban J connectivity index is 1.92. The van der Waals surface area contributed by atoms with Gasteiger partial charge in [0.1, 0.15) is 16.5 Å². The van der Waals surface area contributed by atoms with Crippen LogP contribution in [-0.4, -0.2) is 43.5 Å². The quantitative estimate of drug-likeness (QED) is 0.773. The fourth-order valence-corrected chi connectivity index (χ4v) is 4.64. The van der Waals surface area contributed by atoms with Crippen LogP contribution < -0.4 is 20.5 Å². The predicted octanol–water partition coefficient (Wildman–Crippen LogP) is 2.88. The van der Waals surface area contributed by atoms with Crippen molar-refractivity contribution in [2.75, 3.05) is 26.1 Å². The Morgan fingerprint density at radius 2 is 2.00 bits per heavy atom. The molecule has 0 bridgehead atoms. The topological polar surface area (TPSA) is 93.9 Å². The van der Waals surface area contributed by atoms with Gasteiger partial charge >= 0.3 is 0 Å². The number of rotatable bonds is 6. The molecule has 0 atom stereocenters. The average Bonchev–Trinajstić information content (AvgIpc) is 3.04. The van der Waals surface area contributed by atoms with Crippen molar-refractivity contribution in [2.45, 2.75) is 32.9 Å². The molecule has 0 spiro atoms. The van der Waals surface area contributed by atoms with Crippen molar-refractivity contribution in [1.29, 1.82) is 0 Å². The molecule has 0 saturated heterocycles. The Hall–Kier alpha value is -2.58. The maximum absolute atomic E-state index is 12.9. The molecule has 1 aliphatic heterocycles. The molecule has 2 amide bonds. The smallest absolute Gasteiger partial charge is 0.260 e. The van der Waals surface area contributed by atoms with Crippen molar-refractivity contribution < 1.29 is 19.1 Å². The zero-order chi connectivity index (χ0) is 20.4. The van der Waals surface area contributed by atoms with Crippen LogP contribution in [0.25, 0.3) is 0 Å². The Labute approximate surface area is 168 Å². The molecule has 3 N–H and O–H groups in total. The summed E-state index contributed by atoms with van der Waals surface area (Å²) in [4.78, 5) is 28.4. The van der Waals surface area contributed by atoms with Gasteiger partial charge in [-0.15, -0.1) is 11.3 Å². The molecule has 1 aliphatic rings. The monoisotopic (exact) mass is 403 g/mol. The van der Waals surface area contributed by atoms with Crippen LogP contribution in [0.4, 0.5) is 5.00 Å². The van der Waals surface area contributed by atoms with Crippen molar-refractivity contribution in [2.24, 2.45) is 5.73 Å². The third-order valence-electron chi connectivity index (χ3n) is 4.94. The fraction of sp³-hybridized carbons (Fsp3) is 0.400. The number of carbonyl (C=O) groups is 2. The lowest BCUT2D eigenvalue weighted by atomic mass is 10.0. The second kappa shape index (κ2) is 8.20. The summed E-state index contributed by atoms with van der Waals surface area (Å²) in [5, 5.41) is 3.35. The van der Waals surface area contributed by atoms with E-state index in [1.807, 2.05) is 0 Å². The summed E-state index contributed by atoms with van der Waals surface area (Å²) in [5.41, 5.74) is 7.37. The van der Waals surface area contributed by atoms with Crippen LogP contribution in [0.2, 0.25) is 0 Å². The third kappa shape index (κ3) is 3.83. The maximum atomic E-state index is 12.9. The number of nitrogens with zero attached hydrogens (tertiary/aromatic N) is 1. The molecule has 2 heterocycles. The molecule has 0 fully saturated rings. The summed E-state index contributed by atoms with van der Waals surface area (Å²) in [6, 6.07) is 5.37. The molecule has 0 saturated carbocycles. The Morgan fingerprint density at radius 1 is 1.25 bits per heavy atom. The largest absolute Gasteiger partial charge is 0.497 e. The molecule has 1 aromatic heterocycles. The van der Waals surface area contributed by atoms with E-state index in [1.165, 1.54) is 18.4 Å². The molecule has 0 aliphatic carbocycles. The first kappa shape index (κ1) is 20.2. The SMILES string of the molecule is COc1ccc(C(=O)Nc2sc3c(c2C(N)=O)CCN(C(C)C)C3)c(OC)c1. The van der Waals surface area contributed by atoms with E-state index < -0.39 is 5.91 Å². The van der Waals surface area contributed by atoms with Gasteiger partial charge in [0.2, 0.25) is 0 Å². The summed E-state index contributed by atoms with van der Waals surface area (Å²) >= 11 is 1.42. The summed E-state index contributed by atoms with van der Waals surface area (Å²) in [7, 11) is 3.04. The minimum Gasteiger partial charge on any atom is -0.497 e. The van der Waals surface area contributed by atoms with Crippen LogP contribution in [0.15, 0.2) is 18.2 Å². The van der Waals surface area contributed by atoms with E-state index in [1.54, 1.807) is 25.3 Å². The number of benzene rings is 1.